The van der Waals surface area contributed by atoms with E-state index in [0.29, 0.717) is 61.3 Å². The highest BCUT2D eigenvalue weighted by molar-refractivity contribution is 5.80. The molecule has 3 aromatic heterocycles. The molecule has 0 fully saturated rings. The number of anilines is 1. The van der Waals surface area contributed by atoms with Crippen LogP contribution in [0.15, 0.2) is 35.4 Å². The maximum atomic E-state index is 13.3. The Bertz CT molecular complexity index is 1090. The van der Waals surface area contributed by atoms with Crippen molar-refractivity contribution in [3.8, 4) is 17.1 Å². The minimum Gasteiger partial charge on any atom is -0.481 e. The third-order valence-electron chi connectivity index (χ3n) is 5.24. The minimum atomic E-state index is -0.196. The monoisotopic (exact) mass is 470 g/mol. The van der Waals surface area contributed by atoms with E-state index in [1.54, 1.807) is 30.1 Å². The fraction of sp³-hybridized carbons (Fsp3) is 0.500. The van der Waals surface area contributed by atoms with Crippen LogP contribution in [0.1, 0.15) is 26.2 Å². The molecule has 0 saturated carbocycles. The highest BCUT2D eigenvalue weighted by Gasteiger charge is 2.13. The van der Waals surface area contributed by atoms with Gasteiger partial charge in [-0.3, -0.25) is 9.78 Å². The molecule has 0 radical (unpaired) electrons. The maximum absolute atomic E-state index is 13.3. The van der Waals surface area contributed by atoms with Crippen LogP contribution in [0.5, 0.6) is 5.88 Å². The molecule has 3 N–H and O–H groups in total. The molecule has 0 amide bonds. The first-order chi connectivity index (χ1) is 16.7. The van der Waals surface area contributed by atoms with E-state index in [0.717, 1.165) is 31.4 Å². The van der Waals surface area contributed by atoms with Gasteiger partial charge in [-0.25, -0.2) is 9.97 Å². The van der Waals surface area contributed by atoms with Gasteiger partial charge in [0.15, 0.2) is 5.82 Å². The molecule has 10 nitrogen and oxygen atoms in total. The quantitative estimate of drug-likeness (QED) is 0.286. The van der Waals surface area contributed by atoms with Crippen molar-refractivity contribution in [1.29, 1.82) is 0 Å². The van der Waals surface area contributed by atoms with E-state index in [2.05, 4.69) is 32.5 Å². The zero-order valence-electron chi connectivity index (χ0n) is 19.9. The Morgan fingerprint density at radius 3 is 2.71 bits per heavy atom. The molecule has 0 aromatic carbocycles. The number of pyridine rings is 2. The SMILES string of the molecule is CCCOCCn1c(=O)c(NCCNCCCCO)nc2cnc(-c3ccc(OC)nc3)cc21. The molecule has 34 heavy (non-hydrogen) atoms. The molecule has 3 aromatic rings. The van der Waals surface area contributed by atoms with Crippen molar-refractivity contribution in [2.45, 2.75) is 32.7 Å². The molecule has 3 rings (SSSR count). The van der Waals surface area contributed by atoms with Gasteiger partial charge in [-0.2, -0.15) is 0 Å². The zero-order chi connectivity index (χ0) is 24.2. The first kappa shape index (κ1) is 25.5. The van der Waals surface area contributed by atoms with Crippen molar-refractivity contribution >= 4 is 16.9 Å². The lowest BCUT2D eigenvalue weighted by Gasteiger charge is -2.14. The normalized spacial score (nSPS) is 11.1. The maximum Gasteiger partial charge on any atom is 0.293 e. The summed E-state index contributed by atoms with van der Waals surface area (Å²) in [5.41, 5.74) is 2.63. The number of methoxy groups -OCH3 is 1. The number of rotatable bonds is 15. The number of aliphatic hydroxyl groups excluding tert-OH is 1. The van der Waals surface area contributed by atoms with Gasteiger partial charge in [0.05, 0.1) is 31.1 Å². The van der Waals surface area contributed by atoms with E-state index in [1.807, 2.05) is 12.1 Å². The molecule has 0 unspecified atom stereocenters. The van der Waals surface area contributed by atoms with Crippen LogP contribution in [0.3, 0.4) is 0 Å². The molecule has 0 aliphatic carbocycles. The Hall–Kier alpha value is -3.08. The predicted molar refractivity (Wildman–Crippen MR) is 132 cm³/mol. The van der Waals surface area contributed by atoms with Gasteiger partial charge < -0.3 is 29.8 Å². The first-order valence-electron chi connectivity index (χ1n) is 11.7. The van der Waals surface area contributed by atoms with Crippen LogP contribution in [0.4, 0.5) is 5.82 Å². The summed E-state index contributed by atoms with van der Waals surface area (Å²) in [5, 5.41) is 15.3. The number of unbranched alkanes of at least 4 members (excludes halogenated alkanes) is 1. The second-order valence-electron chi connectivity index (χ2n) is 7.78. The largest absolute Gasteiger partial charge is 0.481 e. The Kier molecular flexibility index (Phi) is 10.2. The van der Waals surface area contributed by atoms with Crippen LogP contribution in [0, 0.1) is 0 Å². The Balaban J connectivity index is 1.84. The summed E-state index contributed by atoms with van der Waals surface area (Å²) >= 11 is 0. The minimum absolute atomic E-state index is 0.196. The fourth-order valence-corrected chi connectivity index (χ4v) is 3.45. The molecule has 0 atom stereocenters. The molecule has 10 heteroatoms. The molecule has 0 bridgehead atoms. The average molecular weight is 471 g/mol. The lowest BCUT2D eigenvalue weighted by atomic mass is 10.2. The average Bonchev–Trinajstić information content (AvgIpc) is 2.87. The number of ether oxygens (including phenoxy) is 2. The van der Waals surface area contributed by atoms with Gasteiger partial charge in [-0.15, -0.1) is 0 Å². The fourth-order valence-electron chi connectivity index (χ4n) is 3.45. The van der Waals surface area contributed by atoms with Crippen LogP contribution in [-0.2, 0) is 11.3 Å². The van der Waals surface area contributed by atoms with E-state index in [1.165, 1.54) is 0 Å². The van der Waals surface area contributed by atoms with Crippen LogP contribution in [0.25, 0.3) is 22.3 Å². The van der Waals surface area contributed by atoms with Crippen LogP contribution >= 0.6 is 0 Å². The molecule has 3 heterocycles. The first-order valence-corrected chi connectivity index (χ1v) is 11.7. The lowest BCUT2D eigenvalue weighted by Crippen LogP contribution is -2.30. The van der Waals surface area contributed by atoms with Crippen LogP contribution < -0.4 is 20.9 Å². The van der Waals surface area contributed by atoms with E-state index < -0.39 is 0 Å². The summed E-state index contributed by atoms with van der Waals surface area (Å²) in [4.78, 5) is 26.6. The summed E-state index contributed by atoms with van der Waals surface area (Å²) in [6.07, 6.45) is 5.97. The zero-order valence-corrected chi connectivity index (χ0v) is 19.9. The van der Waals surface area contributed by atoms with Gasteiger partial charge in [0.1, 0.15) is 5.52 Å². The van der Waals surface area contributed by atoms with Gasteiger partial charge in [-0.05, 0) is 37.9 Å². The van der Waals surface area contributed by atoms with Crippen molar-refractivity contribution in [3.63, 3.8) is 0 Å². The molecule has 0 aliphatic heterocycles. The summed E-state index contributed by atoms with van der Waals surface area (Å²) in [6.45, 7) is 5.81. The summed E-state index contributed by atoms with van der Waals surface area (Å²) in [6, 6.07) is 5.51. The molecular weight excluding hydrogens is 436 g/mol. The highest BCUT2D eigenvalue weighted by Crippen LogP contribution is 2.22. The van der Waals surface area contributed by atoms with E-state index in [9.17, 15) is 4.79 Å². The van der Waals surface area contributed by atoms with Crippen LogP contribution in [-0.4, -0.2) is 71.2 Å². The molecular formula is C24H34N6O4. The van der Waals surface area contributed by atoms with E-state index in [4.69, 9.17) is 14.6 Å². The Morgan fingerprint density at radius 1 is 1.09 bits per heavy atom. The summed E-state index contributed by atoms with van der Waals surface area (Å²) in [5.74, 6) is 0.815. The second kappa shape index (κ2) is 13.6. The topological polar surface area (TPSA) is 123 Å². The number of nitrogens with zero attached hydrogens (tertiary/aromatic N) is 4. The van der Waals surface area contributed by atoms with Crippen molar-refractivity contribution < 1.29 is 14.6 Å². The second-order valence-corrected chi connectivity index (χ2v) is 7.78. The van der Waals surface area contributed by atoms with Gasteiger partial charge in [0.2, 0.25) is 5.88 Å². The van der Waals surface area contributed by atoms with Crippen molar-refractivity contribution in [2.75, 3.05) is 51.9 Å². The van der Waals surface area contributed by atoms with Crippen molar-refractivity contribution in [3.05, 3.63) is 40.9 Å². The number of aliphatic hydroxyl groups is 1. The third-order valence-corrected chi connectivity index (χ3v) is 5.24. The molecule has 184 valence electrons. The van der Waals surface area contributed by atoms with Crippen molar-refractivity contribution in [2.24, 2.45) is 0 Å². The smallest absolute Gasteiger partial charge is 0.293 e. The molecule has 0 saturated heterocycles. The van der Waals surface area contributed by atoms with Gasteiger partial charge in [0, 0.05) is 50.7 Å². The lowest BCUT2D eigenvalue weighted by molar-refractivity contribution is 0.127. The van der Waals surface area contributed by atoms with Gasteiger partial charge >= 0.3 is 0 Å². The van der Waals surface area contributed by atoms with Gasteiger partial charge in [0.25, 0.3) is 5.56 Å². The summed E-state index contributed by atoms with van der Waals surface area (Å²) in [7, 11) is 1.57. The van der Waals surface area contributed by atoms with Gasteiger partial charge in [-0.1, -0.05) is 6.92 Å². The molecule has 0 spiro atoms. The number of hydrogen-bond donors (Lipinski definition) is 3. The highest BCUT2D eigenvalue weighted by atomic mass is 16.5. The number of aromatic nitrogens is 4. The Morgan fingerprint density at radius 2 is 1.97 bits per heavy atom. The number of nitrogens with one attached hydrogen (secondary N) is 2. The van der Waals surface area contributed by atoms with E-state index in [-0.39, 0.29) is 12.2 Å². The standard InChI is InChI=1S/C24H34N6O4/c1-3-13-34-14-11-30-21-15-19(18-6-7-22(33-2)28-16-18)27-17-20(21)29-23(24(30)32)26-10-9-25-8-4-5-12-31/h6-7,15-17,25,31H,3-5,8-14H2,1-2H3,(H,26,29). The third kappa shape index (κ3) is 6.96. The van der Waals surface area contributed by atoms with Crippen molar-refractivity contribution in [1.82, 2.24) is 24.8 Å². The molecule has 0 aliphatic rings. The predicted octanol–water partition coefficient (Wildman–Crippen LogP) is 2.06. The van der Waals surface area contributed by atoms with E-state index >= 15 is 0 Å². The number of hydrogen-bond acceptors (Lipinski definition) is 9. The number of fused-ring (bicyclic) bond motifs is 1. The summed E-state index contributed by atoms with van der Waals surface area (Å²) < 4.78 is 12.5. The Labute approximate surface area is 199 Å². The van der Waals surface area contributed by atoms with Crippen LogP contribution in [0.2, 0.25) is 0 Å².